The molecule has 0 bridgehead atoms. The minimum atomic E-state index is -0.975. The Morgan fingerprint density at radius 3 is 2.52 bits per heavy atom. The van der Waals surface area contributed by atoms with Crippen LogP contribution in [0.15, 0.2) is 6.20 Å². The first kappa shape index (κ1) is 15.9. The van der Waals surface area contributed by atoms with Crippen molar-refractivity contribution in [1.29, 1.82) is 0 Å². The van der Waals surface area contributed by atoms with Crippen LogP contribution in [-0.2, 0) is 4.74 Å². The number of hydrogen-bond acceptors (Lipinski definition) is 4. The zero-order chi connectivity index (χ0) is 15.4. The van der Waals surface area contributed by atoms with Crippen molar-refractivity contribution in [3.05, 3.63) is 23.3 Å². The van der Waals surface area contributed by atoms with Gasteiger partial charge in [-0.15, -0.1) is 0 Å². The summed E-state index contributed by atoms with van der Waals surface area (Å²) in [4.78, 5) is 20.1. The van der Waals surface area contributed by atoms with Gasteiger partial charge in [0.25, 0.3) is 0 Å². The molecule has 1 saturated carbocycles. The number of carboxylic acid groups (broad SMARTS) is 1. The predicted molar refractivity (Wildman–Crippen MR) is 79.4 cm³/mol. The van der Waals surface area contributed by atoms with Crippen LogP contribution in [0, 0.1) is 5.92 Å². The van der Waals surface area contributed by atoms with Crippen LogP contribution in [0.1, 0.15) is 79.8 Å². The minimum Gasteiger partial charge on any atom is -0.478 e. The minimum absolute atomic E-state index is 0.0433. The first-order valence-corrected chi connectivity index (χ1v) is 7.67. The Kier molecular flexibility index (Phi) is 5.28. The number of aromatic nitrogens is 2. The maximum absolute atomic E-state index is 11.3. The average Bonchev–Trinajstić information content (AvgIpc) is 2.48. The van der Waals surface area contributed by atoms with E-state index < -0.39 is 5.97 Å². The van der Waals surface area contributed by atoms with Gasteiger partial charge in [-0.3, -0.25) is 0 Å². The predicted octanol–water partition coefficient (Wildman–Crippen LogP) is 3.57. The summed E-state index contributed by atoms with van der Waals surface area (Å²) in [5.41, 5.74) is 0.776. The summed E-state index contributed by atoms with van der Waals surface area (Å²) in [6.07, 6.45) is 7.26. The molecule has 1 fully saturated rings. The average molecular weight is 292 g/mol. The lowest BCUT2D eigenvalue weighted by atomic mass is 9.85. The highest BCUT2D eigenvalue weighted by Gasteiger charge is 2.28. The van der Waals surface area contributed by atoms with Crippen LogP contribution in [-0.4, -0.2) is 28.2 Å². The highest BCUT2D eigenvalue weighted by molar-refractivity contribution is 5.88. The second-order valence-corrected chi connectivity index (χ2v) is 6.04. The van der Waals surface area contributed by atoms with Crippen molar-refractivity contribution in [2.45, 2.75) is 58.0 Å². The molecule has 0 amide bonds. The molecule has 0 saturated heterocycles. The van der Waals surface area contributed by atoms with E-state index in [1.54, 1.807) is 7.11 Å². The molecular weight excluding hydrogens is 268 g/mol. The van der Waals surface area contributed by atoms with Crippen molar-refractivity contribution in [3.63, 3.8) is 0 Å². The topological polar surface area (TPSA) is 72.3 Å². The molecule has 5 heteroatoms. The van der Waals surface area contributed by atoms with E-state index in [1.165, 1.54) is 25.5 Å². The fourth-order valence-electron chi connectivity index (χ4n) is 3.10. The normalized spacial score (nSPS) is 17.9. The molecule has 116 valence electrons. The van der Waals surface area contributed by atoms with Gasteiger partial charge in [-0.25, -0.2) is 14.8 Å². The molecule has 0 radical (unpaired) electrons. The molecule has 1 heterocycles. The summed E-state index contributed by atoms with van der Waals surface area (Å²) < 4.78 is 5.64. The van der Waals surface area contributed by atoms with Crippen LogP contribution in [0.2, 0.25) is 0 Å². The third-order valence-electron chi connectivity index (χ3n) is 4.20. The Labute approximate surface area is 125 Å². The summed E-state index contributed by atoms with van der Waals surface area (Å²) in [5.74, 6) is 0.121. The Hall–Kier alpha value is -1.49. The summed E-state index contributed by atoms with van der Waals surface area (Å²) in [6, 6.07) is 0. The number of ether oxygens (including phenoxy) is 1. The highest BCUT2D eigenvalue weighted by atomic mass is 16.5. The second-order valence-electron chi connectivity index (χ2n) is 6.04. The monoisotopic (exact) mass is 292 g/mol. The summed E-state index contributed by atoms with van der Waals surface area (Å²) in [7, 11) is 1.68. The summed E-state index contributed by atoms with van der Waals surface area (Å²) in [5, 5.41) is 9.24. The molecule has 1 unspecified atom stereocenters. The van der Waals surface area contributed by atoms with Crippen molar-refractivity contribution in [1.82, 2.24) is 9.97 Å². The van der Waals surface area contributed by atoms with Crippen LogP contribution < -0.4 is 0 Å². The lowest BCUT2D eigenvalue weighted by Gasteiger charge is -2.28. The molecule has 1 aromatic heterocycles. The van der Waals surface area contributed by atoms with Crippen molar-refractivity contribution in [2.75, 3.05) is 7.11 Å². The van der Waals surface area contributed by atoms with E-state index >= 15 is 0 Å². The molecule has 0 spiro atoms. The van der Waals surface area contributed by atoms with E-state index in [-0.39, 0.29) is 17.6 Å². The Morgan fingerprint density at radius 1 is 1.33 bits per heavy atom. The van der Waals surface area contributed by atoms with Crippen molar-refractivity contribution in [3.8, 4) is 0 Å². The first-order chi connectivity index (χ1) is 10.0. The van der Waals surface area contributed by atoms with Crippen LogP contribution in [0.4, 0.5) is 0 Å². The van der Waals surface area contributed by atoms with Crippen LogP contribution >= 0.6 is 0 Å². The van der Waals surface area contributed by atoms with E-state index in [9.17, 15) is 9.90 Å². The molecule has 21 heavy (non-hydrogen) atoms. The third kappa shape index (κ3) is 3.59. The molecular formula is C16H24N2O3. The maximum Gasteiger partial charge on any atom is 0.339 e. The number of methoxy groups -OCH3 is 1. The van der Waals surface area contributed by atoms with E-state index in [0.29, 0.717) is 17.4 Å². The SMILES string of the molecule is COC(c1ncc(C(=O)O)c(C(C)C)n1)C1CCCCC1. The van der Waals surface area contributed by atoms with Crippen LogP contribution in [0.3, 0.4) is 0 Å². The van der Waals surface area contributed by atoms with Gasteiger partial charge in [0, 0.05) is 13.3 Å². The van der Waals surface area contributed by atoms with Gasteiger partial charge in [0.2, 0.25) is 0 Å². The van der Waals surface area contributed by atoms with Gasteiger partial charge in [-0.1, -0.05) is 33.1 Å². The number of hydrogen-bond donors (Lipinski definition) is 1. The molecule has 1 aliphatic rings. The molecule has 0 aromatic carbocycles. The second kappa shape index (κ2) is 6.98. The fraction of sp³-hybridized carbons (Fsp3) is 0.688. The van der Waals surface area contributed by atoms with Crippen molar-refractivity contribution >= 4 is 5.97 Å². The van der Waals surface area contributed by atoms with Crippen molar-refractivity contribution in [2.24, 2.45) is 5.92 Å². The molecule has 1 N–H and O–H groups in total. The van der Waals surface area contributed by atoms with Crippen LogP contribution in [0.25, 0.3) is 0 Å². The quantitative estimate of drug-likeness (QED) is 0.898. The molecule has 5 nitrogen and oxygen atoms in total. The fourth-order valence-corrected chi connectivity index (χ4v) is 3.10. The standard InChI is InChI=1S/C16H24N2O3/c1-10(2)13-12(16(19)20)9-17-15(18-13)14(21-3)11-7-5-4-6-8-11/h9-11,14H,4-8H2,1-3H3,(H,19,20). The molecule has 2 rings (SSSR count). The zero-order valence-corrected chi connectivity index (χ0v) is 13.0. The number of rotatable bonds is 5. The third-order valence-corrected chi connectivity index (χ3v) is 4.20. The van der Waals surface area contributed by atoms with Gasteiger partial charge in [-0.05, 0) is 24.7 Å². The highest BCUT2D eigenvalue weighted by Crippen LogP contribution is 2.35. The van der Waals surface area contributed by atoms with Gasteiger partial charge >= 0.3 is 5.97 Å². The first-order valence-electron chi connectivity index (χ1n) is 7.67. The lowest BCUT2D eigenvalue weighted by molar-refractivity contribution is 0.0286. The Bertz CT molecular complexity index is 496. The van der Waals surface area contributed by atoms with Gasteiger partial charge in [0.05, 0.1) is 11.3 Å². The van der Waals surface area contributed by atoms with Gasteiger partial charge in [0.15, 0.2) is 5.82 Å². The zero-order valence-electron chi connectivity index (χ0n) is 13.0. The van der Waals surface area contributed by atoms with E-state index in [2.05, 4.69) is 9.97 Å². The maximum atomic E-state index is 11.3. The Morgan fingerprint density at radius 2 is 2.00 bits per heavy atom. The van der Waals surface area contributed by atoms with E-state index in [1.807, 2.05) is 13.8 Å². The largest absolute Gasteiger partial charge is 0.478 e. The molecule has 1 aromatic rings. The summed E-state index contributed by atoms with van der Waals surface area (Å²) >= 11 is 0. The number of carbonyl (C=O) groups is 1. The van der Waals surface area contributed by atoms with E-state index in [0.717, 1.165) is 12.8 Å². The lowest BCUT2D eigenvalue weighted by Crippen LogP contribution is -2.21. The van der Waals surface area contributed by atoms with Crippen LogP contribution in [0.5, 0.6) is 0 Å². The van der Waals surface area contributed by atoms with Gasteiger partial charge in [0.1, 0.15) is 6.10 Å². The van der Waals surface area contributed by atoms with Crippen molar-refractivity contribution < 1.29 is 14.6 Å². The summed E-state index contributed by atoms with van der Waals surface area (Å²) in [6.45, 7) is 3.89. The molecule has 0 aliphatic heterocycles. The number of carboxylic acids is 1. The molecule has 1 aliphatic carbocycles. The van der Waals surface area contributed by atoms with E-state index in [4.69, 9.17) is 4.74 Å². The van der Waals surface area contributed by atoms with Gasteiger partial charge in [-0.2, -0.15) is 0 Å². The molecule has 1 atom stereocenters. The number of nitrogens with zero attached hydrogens (tertiary/aromatic N) is 2. The van der Waals surface area contributed by atoms with Gasteiger partial charge < -0.3 is 9.84 Å². The number of aromatic carboxylic acids is 1. The Balaban J connectivity index is 2.33. The smallest absolute Gasteiger partial charge is 0.339 e.